The van der Waals surface area contributed by atoms with Crippen LogP contribution in [0.4, 0.5) is 5.69 Å². The molecule has 0 aliphatic rings. The summed E-state index contributed by atoms with van der Waals surface area (Å²) < 4.78 is 5.34. The fourth-order valence-electron chi connectivity index (χ4n) is 2.69. The molecular weight excluding hydrogens is 328 g/mol. The summed E-state index contributed by atoms with van der Waals surface area (Å²) in [5, 5.41) is 2.86. The molecule has 5 heteroatoms. The summed E-state index contributed by atoms with van der Waals surface area (Å²) in [4.78, 5) is 25.7. The van der Waals surface area contributed by atoms with E-state index in [2.05, 4.69) is 5.32 Å². The maximum atomic E-state index is 12.1. The van der Waals surface area contributed by atoms with Gasteiger partial charge >= 0.3 is 0 Å². The average Bonchev–Trinajstić information content (AvgIpc) is 2.63. The molecular formula is C21H26N2O3. The van der Waals surface area contributed by atoms with Gasteiger partial charge in [0.1, 0.15) is 5.75 Å². The number of aryl methyl sites for hydroxylation is 1. The van der Waals surface area contributed by atoms with E-state index >= 15 is 0 Å². The van der Waals surface area contributed by atoms with Gasteiger partial charge in [-0.1, -0.05) is 35.9 Å². The Morgan fingerprint density at radius 2 is 1.73 bits per heavy atom. The lowest BCUT2D eigenvalue weighted by Crippen LogP contribution is -2.33. The number of amides is 2. The predicted octanol–water partition coefficient (Wildman–Crippen LogP) is 3.42. The number of carbonyl (C=O) groups excluding carboxylic acids is 2. The zero-order valence-corrected chi connectivity index (χ0v) is 15.6. The molecule has 2 amide bonds. The molecule has 0 heterocycles. The van der Waals surface area contributed by atoms with Crippen molar-refractivity contribution < 1.29 is 14.3 Å². The first-order valence-corrected chi connectivity index (χ1v) is 8.73. The predicted molar refractivity (Wildman–Crippen MR) is 103 cm³/mol. The number of benzene rings is 2. The van der Waals surface area contributed by atoms with E-state index in [0.29, 0.717) is 19.5 Å². The Balaban J connectivity index is 1.86. The molecule has 2 rings (SSSR count). The minimum absolute atomic E-state index is 0.0389. The number of ether oxygens (including phenoxy) is 1. The summed E-state index contributed by atoms with van der Waals surface area (Å²) in [6.07, 6.45) is 0.947. The smallest absolute Gasteiger partial charge is 0.226 e. The molecule has 0 aliphatic carbocycles. The number of hydrogen-bond donors (Lipinski definition) is 1. The third-order valence-electron chi connectivity index (χ3n) is 4.23. The molecule has 0 saturated heterocycles. The van der Waals surface area contributed by atoms with Gasteiger partial charge < -0.3 is 15.0 Å². The number of anilines is 1. The van der Waals surface area contributed by atoms with Crippen LogP contribution >= 0.6 is 0 Å². The van der Waals surface area contributed by atoms with Crippen molar-refractivity contribution in [2.75, 3.05) is 25.5 Å². The third kappa shape index (κ3) is 5.92. The zero-order chi connectivity index (χ0) is 18.9. The van der Waals surface area contributed by atoms with Crippen LogP contribution in [0.2, 0.25) is 0 Å². The monoisotopic (exact) mass is 354 g/mol. The summed E-state index contributed by atoms with van der Waals surface area (Å²) in [5.41, 5.74) is 2.96. The van der Waals surface area contributed by atoms with Crippen molar-refractivity contribution in [3.8, 4) is 5.75 Å². The highest BCUT2D eigenvalue weighted by Gasteiger charge is 2.12. The Morgan fingerprint density at radius 1 is 1.04 bits per heavy atom. The molecule has 0 radical (unpaired) electrons. The Kier molecular flexibility index (Phi) is 7.21. The van der Waals surface area contributed by atoms with Crippen LogP contribution in [0.5, 0.6) is 5.75 Å². The van der Waals surface area contributed by atoms with Crippen molar-refractivity contribution in [2.24, 2.45) is 0 Å². The Bertz CT molecular complexity index is 741. The summed E-state index contributed by atoms with van der Waals surface area (Å²) in [7, 11) is 1.64. The van der Waals surface area contributed by atoms with Crippen LogP contribution in [0.1, 0.15) is 24.5 Å². The summed E-state index contributed by atoms with van der Waals surface area (Å²) in [6, 6.07) is 15.4. The normalized spacial score (nSPS) is 10.3. The number of para-hydroxylation sites is 1. The number of hydrogen-bond acceptors (Lipinski definition) is 3. The molecule has 0 spiro atoms. The van der Waals surface area contributed by atoms with Gasteiger partial charge in [-0.05, 0) is 37.1 Å². The van der Waals surface area contributed by atoms with Crippen molar-refractivity contribution in [3.63, 3.8) is 0 Å². The van der Waals surface area contributed by atoms with Gasteiger partial charge in [-0.2, -0.15) is 0 Å². The van der Waals surface area contributed by atoms with Gasteiger partial charge in [0.2, 0.25) is 11.8 Å². The Morgan fingerprint density at radius 3 is 2.38 bits per heavy atom. The number of nitrogens with one attached hydrogen (secondary N) is 1. The minimum atomic E-state index is -0.0996. The number of nitrogens with zero attached hydrogens (tertiary/aromatic N) is 1. The molecule has 26 heavy (non-hydrogen) atoms. The van der Waals surface area contributed by atoms with Crippen LogP contribution in [0.25, 0.3) is 0 Å². The Labute approximate surface area is 155 Å². The van der Waals surface area contributed by atoms with Gasteiger partial charge in [-0.25, -0.2) is 0 Å². The molecule has 0 bridgehead atoms. The van der Waals surface area contributed by atoms with Crippen LogP contribution < -0.4 is 10.1 Å². The van der Waals surface area contributed by atoms with Crippen molar-refractivity contribution in [1.82, 2.24) is 4.90 Å². The molecule has 2 aromatic rings. The largest absolute Gasteiger partial charge is 0.496 e. The average molecular weight is 354 g/mol. The second-order valence-electron chi connectivity index (χ2n) is 6.23. The highest BCUT2D eigenvalue weighted by atomic mass is 16.5. The second-order valence-corrected chi connectivity index (χ2v) is 6.23. The lowest BCUT2D eigenvalue weighted by atomic mass is 10.1. The van der Waals surface area contributed by atoms with E-state index in [-0.39, 0.29) is 18.2 Å². The van der Waals surface area contributed by atoms with E-state index in [1.54, 1.807) is 12.0 Å². The van der Waals surface area contributed by atoms with Gasteiger partial charge in [0.05, 0.1) is 7.11 Å². The lowest BCUT2D eigenvalue weighted by Gasteiger charge is -2.21. The van der Waals surface area contributed by atoms with E-state index in [1.807, 2.05) is 55.5 Å². The lowest BCUT2D eigenvalue weighted by molar-refractivity contribution is -0.129. The van der Waals surface area contributed by atoms with Crippen LogP contribution in [-0.2, 0) is 16.0 Å². The Hall–Kier alpha value is -2.82. The quantitative estimate of drug-likeness (QED) is 0.790. The first-order valence-electron chi connectivity index (χ1n) is 8.73. The second kappa shape index (κ2) is 9.61. The summed E-state index contributed by atoms with van der Waals surface area (Å²) >= 11 is 0. The number of methoxy groups -OCH3 is 1. The number of carbonyl (C=O) groups is 2. The zero-order valence-electron chi connectivity index (χ0n) is 15.6. The standard InChI is InChI=1S/C21H26N2O3/c1-16-8-10-19(11-9-16)22-21(25)13-15-23(17(2)24)14-12-18-6-4-5-7-20(18)26-3/h4-11H,12-15H2,1-3H3,(H,22,25). The molecule has 1 N–H and O–H groups in total. The van der Waals surface area contributed by atoms with E-state index < -0.39 is 0 Å². The van der Waals surface area contributed by atoms with E-state index in [1.165, 1.54) is 6.92 Å². The molecule has 0 unspecified atom stereocenters. The third-order valence-corrected chi connectivity index (χ3v) is 4.23. The number of rotatable bonds is 8. The maximum Gasteiger partial charge on any atom is 0.226 e. The van der Waals surface area contributed by atoms with Gasteiger partial charge in [-0.15, -0.1) is 0 Å². The first kappa shape index (κ1) is 19.5. The van der Waals surface area contributed by atoms with Crippen LogP contribution in [0, 0.1) is 6.92 Å². The fraction of sp³-hybridized carbons (Fsp3) is 0.333. The molecule has 0 atom stereocenters. The molecule has 0 saturated carbocycles. The highest BCUT2D eigenvalue weighted by molar-refractivity contribution is 5.91. The minimum Gasteiger partial charge on any atom is -0.496 e. The van der Waals surface area contributed by atoms with Gasteiger partial charge in [0, 0.05) is 32.1 Å². The molecule has 2 aromatic carbocycles. The SMILES string of the molecule is COc1ccccc1CCN(CCC(=O)Nc1ccc(C)cc1)C(C)=O. The van der Waals surface area contributed by atoms with E-state index in [9.17, 15) is 9.59 Å². The summed E-state index contributed by atoms with van der Waals surface area (Å²) in [6.45, 7) is 4.47. The molecule has 0 fully saturated rings. The van der Waals surface area contributed by atoms with Crippen LogP contribution in [0.15, 0.2) is 48.5 Å². The van der Waals surface area contributed by atoms with E-state index in [0.717, 1.165) is 22.6 Å². The van der Waals surface area contributed by atoms with Crippen molar-refractivity contribution in [2.45, 2.75) is 26.7 Å². The van der Waals surface area contributed by atoms with Gasteiger partial charge in [0.25, 0.3) is 0 Å². The van der Waals surface area contributed by atoms with Crippen molar-refractivity contribution >= 4 is 17.5 Å². The van der Waals surface area contributed by atoms with Crippen molar-refractivity contribution in [3.05, 3.63) is 59.7 Å². The maximum absolute atomic E-state index is 12.1. The summed E-state index contributed by atoms with van der Waals surface area (Å²) in [5.74, 6) is 0.675. The first-order chi connectivity index (χ1) is 12.5. The molecule has 0 aliphatic heterocycles. The van der Waals surface area contributed by atoms with Crippen LogP contribution in [-0.4, -0.2) is 36.9 Å². The van der Waals surface area contributed by atoms with Crippen molar-refractivity contribution in [1.29, 1.82) is 0 Å². The van der Waals surface area contributed by atoms with E-state index in [4.69, 9.17) is 4.74 Å². The fourth-order valence-corrected chi connectivity index (χ4v) is 2.69. The van der Waals surface area contributed by atoms with Gasteiger partial charge in [0.15, 0.2) is 0 Å². The molecule has 5 nitrogen and oxygen atoms in total. The molecule has 0 aromatic heterocycles. The topological polar surface area (TPSA) is 58.6 Å². The van der Waals surface area contributed by atoms with Crippen LogP contribution in [0.3, 0.4) is 0 Å². The van der Waals surface area contributed by atoms with Gasteiger partial charge in [-0.3, -0.25) is 9.59 Å². The molecule has 138 valence electrons. The highest BCUT2D eigenvalue weighted by Crippen LogP contribution is 2.18.